The minimum atomic E-state index is -0.338. The summed E-state index contributed by atoms with van der Waals surface area (Å²) >= 11 is 0. The highest BCUT2D eigenvalue weighted by atomic mass is 19.1. The van der Waals surface area contributed by atoms with Crippen LogP contribution < -0.4 is 4.74 Å². The molecule has 0 amide bonds. The fourth-order valence-electron chi connectivity index (χ4n) is 2.04. The van der Waals surface area contributed by atoms with E-state index >= 15 is 0 Å². The first-order valence-corrected chi connectivity index (χ1v) is 6.00. The zero-order chi connectivity index (χ0) is 12.5. The Bertz CT molecular complexity index is 518. The van der Waals surface area contributed by atoms with E-state index in [1.807, 2.05) is 0 Å². The molecule has 0 aromatic heterocycles. The van der Waals surface area contributed by atoms with E-state index < -0.39 is 0 Å². The minimum absolute atomic E-state index is 0.116. The predicted octanol–water partition coefficient (Wildman–Crippen LogP) is 2.35. The number of ketones is 1. The smallest absolute Gasteiger partial charge is 0.156 e. The van der Waals surface area contributed by atoms with Gasteiger partial charge in [0.05, 0.1) is 6.61 Å². The molecule has 3 rings (SSSR count). The van der Waals surface area contributed by atoms with Crippen LogP contribution in [0.25, 0.3) is 5.57 Å². The van der Waals surface area contributed by atoms with E-state index in [-0.39, 0.29) is 17.7 Å². The lowest BCUT2D eigenvalue weighted by Gasteiger charge is -2.11. The van der Waals surface area contributed by atoms with Crippen LogP contribution in [0.1, 0.15) is 18.4 Å². The van der Waals surface area contributed by atoms with Crippen molar-refractivity contribution >= 4 is 11.4 Å². The number of hydrogen-bond acceptors (Lipinski definition) is 3. The van der Waals surface area contributed by atoms with Gasteiger partial charge in [0.25, 0.3) is 0 Å². The molecular weight excluding hydrogens is 235 g/mol. The molecule has 2 aliphatic rings. The van der Waals surface area contributed by atoms with Crippen molar-refractivity contribution in [1.29, 1.82) is 0 Å². The van der Waals surface area contributed by atoms with Gasteiger partial charge in [0, 0.05) is 18.1 Å². The normalized spacial score (nSPS) is 21.9. The summed E-state index contributed by atoms with van der Waals surface area (Å²) in [6.45, 7) is 1.13. The number of carbonyl (C=O) groups excluding carboxylic acids is 1. The molecule has 1 aliphatic carbocycles. The Labute approximate surface area is 104 Å². The van der Waals surface area contributed by atoms with Crippen LogP contribution in [0.5, 0.6) is 5.75 Å². The third-order valence-corrected chi connectivity index (χ3v) is 3.09. The van der Waals surface area contributed by atoms with Gasteiger partial charge in [-0.3, -0.25) is 4.79 Å². The first kappa shape index (κ1) is 11.4. The Morgan fingerprint density at radius 2 is 2.22 bits per heavy atom. The van der Waals surface area contributed by atoms with Gasteiger partial charge in [-0.05, 0) is 30.2 Å². The fraction of sp³-hybridized carbons (Fsp3) is 0.357. The van der Waals surface area contributed by atoms with Crippen molar-refractivity contribution in [3.8, 4) is 5.75 Å². The molecule has 18 heavy (non-hydrogen) atoms. The van der Waals surface area contributed by atoms with Gasteiger partial charge in [-0.2, -0.15) is 0 Å². The standard InChI is InChI=1S/C14H13FO3/c15-10-2-4-13(9-1-3-11(16)5-9)14(6-10)18-8-12-7-17-12/h2,4-6,12H,1,3,7-8H2. The van der Waals surface area contributed by atoms with Gasteiger partial charge in [0.1, 0.15) is 24.3 Å². The maximum absolute atomic E-state index is 13.3. The highest BCUT2D eigenvalue weighted by Crippen LogP contribution is 2.33. The van der Waals surface area contributed by atoms with E-state index in [0.717, 1.165) is 11.1 Å². The molecule has 4 heteroatoms. The average Bonchev–Trinajstić information content (AvgIpc) is 3.08. The molecule has 3 nitrogen and oxygen atoms in total. The molecule has 0 bridgehead atoms. The van der Waals surface area contributed by atoms with Crippen molar-refractivity contribution in [3.05, 3.63) is 35.7 Å². The summed E-state index contributed by atoms with van der Waals surface area (Å²) in [6, 6.07) is 4.42. The highest BCUT2D eigenvalue weighted by Gasteiger charge is 2.24. The van der Waals surface area contributed by atoms with Crippen molar-refractivity contribution in [2.45, 2.75) is 18.9 Å². The monoisotopic (exact) mass is 248 g/mol. The van der Waals surface area contributed by atoms with E-state index in [9.17, 15) is 9.18 Å². The van der Waals surface area contributed by atoms with Crippen LogP contribution in [-0.4, -0.2) is 25.1 Å². The van der Waals surface area contributed by atoms with Gasteiger partial charge < -0.3 is 9.47 Å². The molecule has 0 radical (unpaired) electrons. The first-order valence-electron chi connectivity index (χ1n) is 6.00. The Morgan fingerprint density at radius 3 is 2.89 bits per heavy atom. The third kappa shape index (κ3) is 2.43. The number of rotatable bonds is 4. The SMILES string of the molecule is O=C1C=C(c2ccc(F)cc2OCC2CO2)CC1. The Hall–Kier alpha value is -1.68. The number of allylic oxidation sites excluding steroid dienone is 2. The molecule has 94 valence electrons. The molecule has 1 fully saturated rings. The van der Waals surface area contributed by atoms with E-state index in [1.54, 1.807) is 12.1 Å². The van der Waals surface area contributed by atoms with Crippen LogP contribution in [0.15, 0.2) is 24.3 Å². The largest absolute Gasteiger partial charge is 0.490 e. The average molecular weight is 248 g/mol. The summed E-state index contributed by atoms with van der Waals surface area (Å²) < 4.78 is 23.9. The van der Waals surface area contributed by atoms with Crippen LogP contribution in [0.3, 0.4) is 0 Å². The molecule has 0 N–H and O–H groups in total. The lowest BCUT2D eigenvalue weighted by Crippen LogP contribution is -2.06. The van der Waals surface area contributed by atoms with E-state index in [1.165, 1.54) is 12.1 Å². The first-order chi connectivity index (χ1) is 8.72. The highest BCUT2D eigenvalue weighted by molar-refractivity contribution is 6.02. The van der Waals surface area contributed by atoms with Crippen LogP contribution in [0, 0.1) is 5.82 Å². The molecule has 1 aliphatic heterocycles. The van der Waals surface area contributed by atoms with Crippen LogP contribution in [0.2, 0.25) is 0 Å². The molecule has 0 saturated carbocycles. The molecule has 1 atom stereocenters. The number of hydrogen-bond donors (Lipinski definition) is 0. The summed E-state index contributed by atoms with van der Waals surface area (Å²) in [5.41, 5.74) is 1.73. The van der Waals surface area contributed by atoms with E-state index in [4.69, 9.17) is 9.47 Å². The molecule has 1 unspecified atom stereocenters. The van der Waals surface area contributed by atoms with Crippen molar-refractivity contribution in [1.82, 2.24) is 0 Å². The van der Waals surface area contributed by atoms with Crippen molar-refractivity contribution in [2.75, 3.05) is 13.2 Å². The lowest BCUT2D eigenvalue weighted by molar-refractivity contribution is -0.114. The van der Waals surface area contributed by atoms with Gasteiger partial charge in [-0.1, -0.05) is 0 Å². The second-order valence-electron chi connectivity index (χ2n) is 4.54. The molecule has 1 saturated heterocycles. The minimum Gasteiger partial charge on any atom is -0.490 e. The quantitative estimate of drug-likeness (QED) is 0.768. The van der Waals surface area contributed by atoms with Crippen molar-refractivity contribution < 1.29 is 18.7 Å². The zero-order valence-corrected chi connectivity index (χ0v) is 9.82. The Morgan fingerprint density at radius 1 is 1.39 bits per heavy atom. The van der Waals surface area contributed by atoms with Gasteiger partial charge in [0.15, 0.2) is 5.78 Å². The number of epoxide rings is 1. The van der Waals surface area contributed by atoms with Crippen LogP contribution >= 0.6 is 0 Å². The summed E-state index contributed by atoms with van der Waals surface area (Å²) in [5, 5.41) is 0. The predicted molar refractivity (Wildman–Crippen MR) is 63.9 cm³/mol. The van der Waals surface area contributed by atoms with Crippen LogP contribution in [-0.2, 0) is 9.53 Å². The maximum atomic E-state index is 13.3. The topological polar surface area (TPSA) is 38.8 Å². The summed E-state index contributed by atoms with van der Waals surface area (Å²) in [7, 11) is 0. The summed E-state index contributed by atoms with van der Waals surface area (Å²) in [4.78, 5) is 11.3. The number of carbonyl (C=O) groups is 1. The molecule has 1 aromatic rings. The third-order valence-electron chi connectivity index (χ3n) is 3.09. The van der Waals surface area contributed by atoms with Gasteiger partial charge in [-0.15, -0.1) is 0 Å². The lowest BCUT2D eigenvalue weighted by atomic mass is 10.0. The second-order valence-corrected chi connectivity index (χ2v) is 4.54. The molecular formula is C14H13FO3. The number of halogens is 1. The van der Waals surface area contributed by atoms with Gasteiger partial charge in [0.2, 0.25) is 0 Å². The second kappa shape index (κ2) is 4.53. The van der Waals surface area contributed by atoms with Crippen molar-refractivity contribution in [3.63, 3.8) is 0 Å². The molecule has 0 spiro atoms. The molecule has 1 aromatic carbocycles. The summed E-state index contributed by atoms with van der Waals surface area (Å²) in [5.74, 6) is 0.271. The summed E-state index contributed by atoms with van der Waals surface area (Å²) in [6.07, 6.45) is 2.96. The maximum Gasteiger partial charge on any atom is 0.156 e. The van der Waals surface area contributed by atoms with E-state index in [0.29, 0.717) is 31.8 Å². The van der Waals surface area contributed by atoms with E-state index in [2.05, 4.69) is 0 Å². The van der Waals surface area contributed by atoms with Gasteiger partial charge >= 0.3 is 0 Å². The van der Waals surface area contributed by atoms with Crippen molar-refractivity contribution in [2.24, 2.45) is 0 Å². The Balaban J connectivity index is 1.86. The molecule has 1 heterocycles. The zero-order valence-electron chi connectivity index (χ0n) is 9.82. The number of benzene rings is 1. The number of ether oxygens (including phenoxy) is 2. The fourth-order valence-corrected chi connectivity index (χ4v) is 2.04. The van der Waals surface area contributed by atoms with Crippen LogP contribution in [0.4, 0.5) is 4.39 Å². The Kier molecular flexibility index (Phi) is 2.88. The van der Waals surface area contributed by atoms with Gasteiger partial charge in [-0.25, -0.2) is 4.39 Å².